The van der Waals surface area contributed by atoms with Crippen LogP contribution in [0.3, 0.4) is 0 Å². The molecule has 0 atom stereocenters. The number of nitrogens with two attached hydrogens (primary N) is 1. The molecular formula is C13H20ClN3O. The predicted octanol–water partition coefficient (Wildman–Crippen LogP) is 2.74. The normalized spacial score (nSPS) is 10.6. The van der Waals surface area contributed by atoms with Crippen molar-refractivity contribution in [2.75, 3.05) is 18.5 Å². The van der Waals surface area contributed by atoms with Crippen LogP contribution in [0.1, 0.15) is 31.1 Å². The average molecular weight is 270 g/mol. The molecule has 100 valence electrons. The van der Waals surface area contributed by atoms with E-state index in [0.29, 0.717) is 35.3 Å². The molecule has 0 aromatic heterocycles. The van der Waals surface area contributed by atoms with Gasteiger partial charge >= 0.3 is 0 Å². The van der Waals surface area contributed by atoms with Crippen LogP contribution in [0.2, 0.25) is 5.02 Å². The van der Waals surface area contributed by atoms with Gasteiger partial charge in [0.15, 0.2) is 0 Å². The molecule has 0 saturated carbocycles. The third kappa shape index (κ3) is 3.62. The summed E-state index contributed by atoms with van der Waals surface area (Å²) in [5.74, 6) is 5.78. The maximum Gasteiger partial charge on any atom is 0.256 e. The number of hydrazine groups is 1. The summed E-state index contributed by atoms with van der Waals surface area (Å²) in [6.45, 7) is 7.49. The third-order valence-electron chi connectivity index (χ3n) is 2.62. The van der Waals surface area contributed by atoms with Crippen molar-refractivity contribution in [1.29, 1.82) is 0 Å². The summed E-state index contributed by atoms with van der Waals surface area (Å²) in [5, 5.41) is 0.526. The Balaban J connectivity index is 3.04. The lowest BCUT2D eigenvalue weighted by molar-refractivity contribution is 0.0746. The molecule has 0 aliphatic heterocycles. The highest BCUT2D eigenvalue weighted by atomic mass is 35.5. The van der Waals surface area contributed by atoms with Crippen molar-refractivity contribution < 1.29 is 4.79 Å². The number of hydrogen-bond donors (Lipinski definition) is 2. The van der Waals surface area contributed by atoms with Crippen LogP contribution < -0.4 is 11.3 Å². The van der Waals surface area contributed by atoms with Crippen LogP contribution in [0.5, 0.6) is 0 Å². The molecule has 0 unspecified atom stereocenters. The largest absolute Gasteiger partial charge is 0.339 e. The van der Waals surface area contributed by atoms with Crippen LogP contribution in [0, 0.1) is 5.92 Å². The Labute approximate surface area is 113 Å². The quantitative estimate of drug-likeness (QED) is 0.638. The highest BCUT2D eigenvalue weighted by Gasteiger charge is 2.18. The van der Waals surface area contributed by atoms with E-state index in [9.17, 15) is 4.79 Å². The maximum atomic E-state index is 12.4. The van der Waals surface area contributed by atoms with Gasteiger partial charge in [-0.2, -0.15) is 0 Å². The zero-order valence-corrected chi connectivity index (χ0v) is 11.8. The van der Waals surface area contributed by atoms with Gasteiger partial charge in [-0.3, -0.25) is 10.6 Å². The predicted molar refractivity (Wildman–Crippen MR) is 75.7 cm³/mol. The fourth-order valence-corrected chi connectivity index (χ4v) is 1.96. The Morgan fingerprint density at radius 3 is 2.67 bits per heavy atom. The lowest BCUT2D eigenvalue weighted by Gasteiger charge is -2.24. The van der Waals surface area contributed by atoms with Crippen molar-refractivity contribution in [3.8, 4) is 0 Å². The van der Waals surface area contributed by atoms with E-state index in [1.807, 2.05) is 6.92 Å². The first-order valence-corrected chi connectivity index (χ1v) is 6.42. The first kappa shape index (κ1) is 14.8. The Morgan fingerprint density at radius 2 is 2.17 bits per heavy atom. The Kier molecular flexibility index (Phi) is 5.44. The van der Waals surface area contributed by atoms with E-state index in [-0.39, 0.29) is 5.91 Å². The SMILES string of the molecule is CCN(CC(C)C)C(=O)c1cc(Cl)ccc1NN. The highest BCUT2D eigenvalue weighted by molar-refractivity contribution is 6.31. The molecule has 0 radical (unpaired) electrons. The number of carbonyl (C=O) groups excluding carboxylic acids is 1. The monoisotopic (exact) mass is 269 g/mol. The number of carbonyl (C=O) groups is 1. The second-order valence-electron chi connectivity index (χ2n) is 4.57. The van der Waals surface area contributed by atoms with Gasteiger partial charge < -0.3 is 10.3 Å². The smallest absolute Gasteiger partial charge is 0.256 e. The topological polar surface area (TPSA) is 58.4 Å². The van der Waals surface area contributed by atoms with Crippen LogP contribution >= 0.6 is 11.6 Å². The minimum atomic E-state index is -0.0540. The van der Waals surface area contributed by atoms with Crippen molar-refractivity contribution in [3.63, 3.8) is 0 Å². The summed E-state index contributed by atoms with van der Waals surface area (Å²) in [5.41, 5.74) is 3.63. The van der Waals surface area contributed by atoms with E-state index in [1.54, 1.807) is 23.1 Å². The molecule has 1 aromatic rings. The average Bonchev–Trinajstić information content (AvgIpc) is 2.34. The van der Waals surface area contributed by atoms with Crippen molar-refractivity contribution in [1.82, 2.24) is 4.90 Å². The molecule has 0 saturated heterocycles. The van der Waals surface area contributed by atoms with Gasteiger partial charge in [0.2, 0.25) is 0 Å². The standard InChI is InChI=1S/C13H20ClN3O/c1-4-17(8-9(2)3)13(18)11-7-10(14)5-6-12(11)16-15/h5-7,9,16H,4,8,15H2,1-3H3. The van der Waals surface area contributed by atoms with Crippen LogP contribution in [0.15, 0.2) is 18.2 Å². The number of nitrogen functional groups attached to an aromatic ring is 1. The van der Waals surface area contributed by atoms with Gasteiger partial charge in [-0.25, -0.2) is 0 Å². The fourth-order valence-electron chi connectivity index (χ4n) is 1.79. The Bertz CT molecular complexity index is 421. The van der Waals surface area contributed by atoms with Gasteiger partial charge in [-0.1, -0.05) is 25.4 Å². The van der Waals surface area contributed by atoms with Crippen molar-refractivity contribution in [2.24, 2.45) is 11.8 Å². The van der Waals surface area contributed by atoms with Gasteiger partial charge in [0.1, 0.15) is 0 Å². The van der Waals surface area contributed by atoms with Crippen LogP contribution in [0.4, 0.5) is 5.69 Å². The van der Waals surface area contributed by atoms with Gasteiger partial charge in [-0.15, -0.1) is 0 Å². The summed E-state index contributed by atoms with van der Waals surface area (Å²) >= 11 is 5.93. The fraction of sp³-hybridized carbons (Fsp3) is 0.462. The van der Waals surface area contributed by atoms with Crippen LogP contribution in [-0.4, -0.2) is 23.9 Å². The van der Waals surface area contributed by atoms with E-state index in [2.05, 4.69) is 19.3 Å². The molecule has 0 bridgehead atoms. The molecule has 18 heavy (non-hydrogen) atoms. The molecule has 1 amide bonds. The molecule has 0 heterocycles. The molecule has 5 heteroatoms. The second kappa shape index (κ2) is 6.61. The van der Waals surface area contributed by atoms with Gasteiger partial charge in [0, 0.05) is 18.1 Å². The molecule has 0 fully saturated rings. The van der Waals surface area contributed by atoms with Crippen molar-refractivity contribution in [2.45, 2.75) is 20.8 Å². The lowest BCUT2D eigenvalue weighted by Crippen LogP contribution is -2.34. The van der Waals surface area contributed by atoms with E-state index in [4.69, 9.17) is 17.4 Å². The second-order valence-corrected chi connectivity index (χ2v) is 5.01. The minimum Gasteiger partial charge on any atom is -0.339 e. The molecule has 3 N–H and O–H groups in total. The summed E-state index contributed by atoms with van der Waals surface area (Å²) in [6, 6.07) is 5.05. The van der Waals surface area contributed by atoms with E-state index in [1.165, 1.54) is 0 Å². The zero-order valence-electron chi connectivity index (χ0n) is 11.0. The van der Waals surface area contributed by atoms with E-state index in [0.717, 1.165) is 0 Å². The molecule has 0 spiro atoms. The molecular weight excluding hydrogens is 250 g/mol. The number of halogens is 1. The highest BCUT2D eigenvalue weighted by Crippen LogP contribution is 2.21. The van der Waals surface area contributed by atoms with Crippen molar-refractivity contribution in [3.05, 3.63) is 28.8 Å². The Hall–Kier alpha value is -1.26. The van der Waals surface area contributed by atoms with Crippen LogP contribution in [-0.2, 0) is 0 Å². The summed E-state index contributed by atoms with van der Waals surface area (Å²) < 4.78 is 0. The lowest BCUT2D eigenvalue weighted by atomic mass is 10.1. The van der Waals surface area contributed by atoms with Crippen molar-refractivity contribution >= 4 is 23.2 Å². The van der Waals surface area contributed by atoms with E-state index < -0.39 is 0 Å². The van der Waals surface area contributed by atoms with Gasteiger partial charge in [-0.05, 0) is 31.0 Å². The number of amides is 1. The summed E-state index contributed by atoms with van der Waals surface area (Å²) in [7, 11) is 0. The van der Waals surface area contributed by atoms with Gasteiger partial charge in [0.05, 0.1) is 11.3 Å². The van der Waals surface area contributed by atoms with E-state index >= 15 is 0 Å². The summed E-state index contributed by atoms with van der Waals surface area (Å²) in [6.07, 6.45) is 0. The Morgan fingerprint density at radius 1 is 1.50 bits per heavy atom. The van der Waals surface area contributed by atoms with Gasteiger partial charge in [0.25, 0.3) is 5.91 Å². The van der Waals surface area contributed by atoms with Crippen LogP contribution in [0.25, 0.3) is 0 Å². The number of rotatable bonds is 5. The number of anilines is 1. The zero-order chi connectivity index (χ0) is 13.7. The maximum absolute atomic E-state index is 12.4. The molecule has 1 aromatic carbocycles. The first-order valence-electron chi connectivity index (χ1n) is 6.05. The summed E-state index contributed by atoms with van der Waals surface area (Å²) in [4.78, 5) is 14.2. The third-order valence-corrected chi connectivity index (χ3v) is 2.86. The molecule has 0 aliphatic rings. The molecule has 4 nitrogen and oxygen atoms in total. The molecule has 0 aliphatic carbocycles. The number of nitrogens with zero attached hydrogens (tertiary/aromatic N) is 1. The first-order chi connectivity index (χ1) is 8.49. The number of benzene rings is 1. The molecule has 1 rings (SSSR count). The number of hydrogen-bond acceptors (Lipinski definition) is 3. The minimum absolute atomic E-state index is 0.0540. The number of nitrogens with one attached hydrogen (secondary N) is 1.